The van der Waals surface area contributed by atoms with Gasteiger partial charge in [-0.1, -0.05) is 20.8 Å². The number of fused-ring (bicyclic) bond motifs is 5. The van der Waals surface area contributed by atoms with Gasteiger partial charge in [-0.3, -0.25) is 9.59 Å². The predicted octanol–water partition coefficient (Wildman–Crippen LogP) is 2.63. The quantitative estimate of drug-likeness (QED) is 0.337. The van der Waals surface area contributed by atoms with Gasteiger partial charge < -0.3 is 25.0 Å². The molecule has 10 heteroatoms. The number of hydrogen-bond donors (Lipinski definition) is 3. The Kier molecular flexibility index (Phi) is 5.89. The maximum absolute atomic E-state index is 15.0. The van der Waals surface area contributed by atoms with Crippen LogP contribution in [0.1, 0.15) is 73.0 Å². The monoisotopic (exact) mass is 534 g/mol. The summed E-state index contributed by atoms with van der Waals surface area (Å²) >= 11 is 0. The molecule has 0 spiro atoms. The van der Waals surface area contributed by atoms with E-state index < -0.39 is 11.6 Å². The molecule has 3 aliphatic rings. The van der Waals surface area contributed by atoms with Gasteiger partial charge in [0.15, 0.2) is 5.60 Å². The van der Waals surface area contributed by atoms with Crippen LogP contribution in [0.15, 0.2) is 16.9 Å². The number of aliphatic hydroxyl groups is 1. The van der Waals surface area contributed by atoms with Gasteiger partial charge in [0.2, 0.25) is 5.91 Å². The third-order valence-electron chi connectivity index (χ3n) is 8.38. The van der Waals surface area contributed by atoms with Crippen LogP contribution in [0.3, 0.4) is 0 Å². The summed E-state index contributed by atoms with van der Waals surface area (Å²) < 4.78 is 21.7. The lowest BCUT2D eigenvalue weighted by atomic mass is 9.81. The van der Waals surface area contributed by atoms with Crippen molar-refractivity contribution in [3.63, 3.8) is 0 Å². The van der Waals surface area contributed by atoms with E-state index >= 15 is 4.39 Å². The van der Waals surface area contributed by atoms with Gasteiger partial charge >= 0.3 is 5.97 Å². The van der Waals surface area contributed by atoms with Crippen LogP contribution in [0.4, 0.5) is 4.39 Å². The zero-order chi connectivity index (χ0) is 27.8. The molecule has 0 radical (unpaired) electrons. The predicted molar refractivity (Wildman–Crippen MR) is 142 cm³/mol. The summed E-state index contributed by atoms with van der Waals surface area (Å²) in [6.07, 6.45) is 1.20. The lowest BCUT2D eigenvalue weighted by Gasteiger charge is -2.31. The van der Waals surface area contributed by atoms with E-state index in [4.69, 9.17) is 9.72 Å². The van der Waals surface area contributed by atoms with E-state index in [-0.39, 0.29) is 66.6 Å². The lowest BCUT2D eigenvalue weighted by molar-refractivity contribution is -0.172. The standard InChI is InChI=1S/C29H31FN4O5/c1-5-29(38)18-8-22-26-16(11-34(22)27(36)17(18)12-39-28(29)37)25-20(32-23(35)10-31-13(2)3)7-6-15-14(4)19(30)9-21(33-26)24(15)25/h8-9,13,20,31,38H,5-7,10-12H2,1-4H3,(H,32,35)/t20-,29-/m0/s1. The molecule has 0 saturated carbocycles. The third-order valence-corrected chi connectivity index (χ3v) is 8.38. The van der Waals surface area contributed by atoms with E-state index in [9.17, 15) is 19.5 Å². The van der Waals surface area contributed by atoms with Gasteiger partial charge in [0.05, 0.1) is 41.6 Å². The molecule has 3 N–H and O–H groups in total. The van der Waals surface area contributed by atoms with Crippen LogP contribution in [-0.2, 0) is 39.5 Å². The van der Waals surface area contributed by atoms with Crippen LogP contribution >= 0.6 is 0 Å². The van der Waals surface area contributed by atoms with Crippen molar-refractivity contribution in [1.29, 1.82) is 0 Å². The van der Waals surface area contributed by atoms with Crippen LogP contribution in [0, 0.1) is 12.7 Å². The number of cyclic esters (lactones) is 1. The minimum absolute atomic E-state index is 0.0390. The number of nitrogens with one attached hydrogen (secondary N) is 2. The molecular weight excluding hydrogens is 503 g/mol. The average molecular weight is 535 g/mol. The molecule has 2 aromatic heterocycles. The Morgan fingerprint density at radius 1 is 1.28 bits per heavy atom. The van der Waals surface area contributed by atoms with Gasteiger partial charge in [0, 0.05) is 28.6 Å². The molecule has 1 aromatic carbocycles. The molecule has 6 rings (SSSR count). The highest BCUT2D eigenvalue weighted by molar-refractivity contribution is 5.94. The highest BCUT2D eigenvalue weighted by Crippen LogP contribution is 2.45. The fourth-order valence-electron chi connectivity index (χ4n) is 6.24. The molecule has 0 saturated heterocycles. The normalized spacial score (nSPS) is 21.0. The smallest absolute Gasteiger partial charge is 0.343 e. The van der Waals surface area contributed by atoms with E-state index in [0.717, 1.165) is 22.1 Å². The van der Waals surface area contributed by atoms with Gasteiger partial charge in [-0.25, -0.2) is 14.2 Å². The number of benzene rings is 1. The summed E-state index contributed by atoms with van der Waals surface area (Å²) in [4.78, 5) is 43.9. The fraction of sp³-hybridized carbons (Fsp3) is 0.448. The second-order valence-corrected chi connectivity index (χ2v) is 11.0. The first-order valence-electron chi connectivity index (χ1n) is 13.4. The van der Waals surface area contributed by atoms with E-state index in [1.165, 1.54) is 6.07 Å². The van der Waals surface area contributed by atoms with Crippen molar-refractivity contribution >= 4 is 22.8 Å². The molecule has 2 aliphatic heterocycles. The number of halogens is 1. The summed E-state index contributed by atoms with van der Waals surface area (Å²) in [5.74, 6) is -1.30. The Morgan fingerprint density at radius 3 is 2.77 bits per heavy atom. The second-order valence-electron chi connectivity index (χ2n) is 11.0. The maximum Gasteiger partial charge on any atom is 0.343 e. The van der Waals surface area contributed by atoms with Crippen LogP contribution in [0.25, 0.3) is 22.3 Å². The van der Waals surface area contributed by atoms with Crippen LogP contribution in [-0.4, -0.2) is 39.1 Å². The lowest BCUT2D eigenvalue weighted by Crippen LogP contribution is -2.44. The Hall–Kier alpha value is -3.63. The molecule has 0 unspecified atom stereocenters. The van der Waals surface area contributed by atoms with Gasteiger partial charge in [-0.05, 0) is 48.9 Å². The van der Waals surface area contributed by atoms with Crippen molar-refractivity contribution in [3.8, 4) is 11.4 Å². The Bertz CT molecular complexity index is 1650. The van der Waals surface area contributed by atoms with E-state index in [2.05, 4.69) is 10.6 Å². The summed E-state index contributed by atoms with van der Waals surface area (Å²) in [6.45, 7) is 7.49. The van der Waals surface area contributed by atoms with Gasteiger partial charge in [-0.15, -0.1) is 0 Å². The molecule has 0 bridgehead atoms. The summed E-state index contributed by atoms with van der Waals surface area (Å²) in [5.41, 5.74) is 2.60. The molecule has 204 valence electrons. The number of esters is 1. The number of hydrogen-bond acceptors (Lipinski definition) is 7. The SMILES string of the molecule is CC[C@@]1(O)C(=O)OCc2c1cc1n(c2=O)Cc2c-1nc1cc(F)c(C)c3c1c2[C@@H](NC(=O)CNC(C)C)CC3. The van der Waals surface area contributed by atoms with Crippen molar-refractivity contribution in [3.05, 3.63) is 61.7 Å². The molecule has 1 amide bonds. The number of ether oxygens (including phenoxy) is 1. The van der Waals surface area contributed by atoms with Crippen LogP contribution < -0.4 is 16.2 Å². The topological polar surface area (TPSA) is 123 Å². The zero-order valence-corrected chi connectivity index (χ0v) is 22.4. The zero-order valence-electron chi connectivity index (χ0n) is 22.4. The van der Waals surface area contributed by atoms with Crippen LogP contribution in [0.5, 0.6) is 0 Å². The van der Waals surface area contributed by atoms with Crippen LogP contribution in [0.2, 0.25) is 0 Å². The summed E-state index contributed by atoms with van der Waals surface area (Å²) in [5, 5.41) is 18.3. The molecule has 39 heavy (non-hydrogen) atoms. The molecule has 1 aliphatic carbocycles. The van der Waals surface area contributed by atoms with E-state index in [1.807, 2.05) is 13.8 Å². The average Bonchev–Trinajstić information content (AvgIpc) is 3.27. The van der Waals surface area contributed by atoms with Gasteiger partial charge in [0.1, 0.15) is 12.4 Å². The van der Waals surface area contributed by atoms with E-state index in [0.29, 0.717) is 35.3 Å². The minimum Gasteiger partial charge on any atom is -0.458 e. The number of rotatable bonds is 5. The number of amides is 1. The second kappa shape index (κ2) is 8.96. The molecule has 0 fully saturated rings. The highest BCUT2D eigenvalue weighted by Gasteiger charge is 2.46. The van der Waals surface area contributed by atoms with E-state index in [1.54, 1.807) is 24.5 Å². The fourth-order valence-corrected chi connectivity index (χ4v) is 6.24. The number of carbonyl (C=O) groups excluding carboxylic acids is 2. The highest BCUT2D eigenvalue weighted by atomic mass is 19.1. The van der Waals surface area contributed by atoms with Crippen molar-refractivity contribution < 1.29 is 23.8 Å². The molecule has 9 nitrogen and oxygen atoms in total. The first-order valence-corrected chi connectivity index (χ1v) is 13.4. The third kappa shape index (κ3) is 3.72. The van der Waals surface area contributed by atoms with Crippen molar-refractivity contribution in [2.75, 3.05) is 6.54 Å². The summed E-state index contributed by atoms with van der Waals surface area (Å²) in [6, 6.07) is 2.85. The van der Waals surface area contributed by atoms with Crippen molar-refractivity contribution in [2.24, 2.45) is 0 Å². The molecule has 2 atom stereocenters. The first-order chi connectivity index (χ1) is 18.5. The number of pyridine rings is 2. The van der Waals surface area contributed by atoms with Crippen molar-refractivity contribution in [1.82, 2.24) is 20.2 Å². The molecule has 4 heterocycles. The number of aryl methyl sites for hydroxylation is 1. The number of nitrogens with zero attached hydrogens (tertiary/aromatic N) is 2. The van der Waals surface area contributed by atoms with Gasteiger partial charge in [0.25, 0.3) is 5.56 Å². The maximum atomic E-state index is 15.0. The Morgan fingerprint density at radius 2 is 2.05 bits per heavy atom. The Balaban J connectivity index is 1.57. The first kappa shape index (κ1) is 25.6. The van der Waals surface area contributed by atoms with Gasteiger partial charge in [-0.2, -0.15) is 0 Å². The Labute approximate surface area is 224 Å². The van der Waals surface area contributed by atoms with Crippen molar-refractivity contribution in [2.45, 2.75) is 77.8 Å². The number of carbonyl (C=O) groups is 2. The molecular formula is C29H31FN4O5. The largest absolute Gasteiger partial charge is 0.458 e. The minimum atomic E-state index is -1.94. The molecule has 3 aromatic rings. The summed E-state index contributed by atoms with van der Waals surface area (Å²) in [7, 11) is 0. The number of aromatic nitrogens is 2.